The van der Waals surface area contributed by atoms with Crippen LogP contribution in [0.4, 0.5) is 8.78 Å². The number of benzene rings is 1. The lowest BCUT2D eigenvalue weighted by Gasteiger charge is -2.10. The third-order valence-electron chi connectivity index (χ3n) is 3.97. The molecule has 0 radical (unpaired) electrons. The molecule has 126 valence electrons. The third kappa shape index (κ3) is 2.86. The number of nitrogens with zero attached hydrogens (tertiary/aromatic N) is 2. The Bertz CT molecular complexity index is 787. The van der Waals surface area contributed by atoms with E-state index >= 15 is 0 Å². The highest BCUT2D eigenvalue weighted by Gasteiger charge is 2.29. The number of carbonyl (C=O) groups is 2. The van der Waals surface area contributed by atoms with E-state index in [2.05, 4.69) is 10.4 Å². The SMILES string of the molecule is O=C(NC(CF)C(=O)O)c1nn(-c2ccc(F)cc2)c2c1CCC2. The monoisotopic (exact) mass is 335 g/mol. The van der Waals surface area contributed by atoms with Crippen molar-refractivity contribution in [3.8, 4) is 5.69 Å². The van der Waals surface area contributed by atoms with Crippen molar-refractivity contribution in [3.05, 3.63) is 47.0 Å². The van der Waals surface area contributed by atoms with Crippen LogP contribution < -0.4 is 5.32 Å². The van der Waals surface area contributed by atoms with Gasteiger partial charge in [0.25, 0.3) is 5.91 Å². The van der Waals surface area contributed by atoms with Gasteiger partial charge in [-0.05, 0) is 43.5 Å². The molecular weight excluding hydrogens is 320 g/mol. The molecule has 2 N–H and O–H groups in total. The number of halogens is 2. The maximum Gasteiger partial charge on any atom is 0.328 e. The molecular formula is C16H15F2N3O3. The smallest absolute Gasteiger partial charge is 0.328 e. The zero-order chi connectivity index (χ0) is 17.3. The van der Waals surface area contributed by atoms with Crippen molar-refractivity contribution in [2.75, 3.05) is 6.67 Å². The maximum absolute atomic E-state index is 13.1. The molecule has 1 aromatic carbocycles. The topological polar surface area (TPSA) is 84.2 Å². The molecule has 0 aliphatic heterocycles. The highest BCUT2D eigenvalue weighted by molar-refractivity contribution is 5.96. The van der Waals surface area contributed by atoms with Gasteiger partial charge in [0, 0.05) is 11.3 Å². The summed E-state index contributed by atoms with van der Waals surface area (Å²) in [6.45, 7) is -1.21. The number of carboxylic acid groups (broad SMARTS) is 1. The van der Waals surface area contributed by atoms with E-state index in [-0.39, 0.29) is 11.5 Å². The molecule has 0 saturated heterocycles. The molecule has 1 aliphatic rings. The molecule has 8 heteroatoms. The fraction of sp³-hybridized carbons (Fsp3) is 0.312. The second-order valence-corrected chi connectivity index (χ2v) is 5.53. The van der Waals surface area contributed by atoms with Crippen molar-refractivity contribution in [1.29, 1.82) is 0 Å². The summed E-state index contributed by atoms with van der Waals surface area (Å²) in [5, 5.41) is 15.2. The van der Waals surface area contributed by atoms with Crippen LogP contribution in [0.1, 0.15) is 28.2 Å². The van der Waals surface area contributed by atoms with Gasteiger partial charge in [0.15, 0.2) is 11.7 Å². The average Bonchev–Trinajstić information content (AvgIpc) is 3.15. The van der Waals surface area contributed by atoms with E-state index in [9.17, 15) is 18.4 Å². The molecule has 0 saturated carbocycles. The molecule has 3 rings (SSSR count). The molecule has 6 nitrogen and oxygen atoms in total. The van der Waals surface area contributed by atoms with Crippen molar-refractivity contribution >= 4 is 11.9 Å². The molecule has 1 amide bonds. The molecule has 0 bridgehead atoms. The zero-order valence-corrected chi connectivity index (χ0v) is 12.6. The van der Waals surface area contributed by atoms with E-state index in [0.29, 0.717) is 18.5 Å². The Hall–Kier alpha value is -2.77. The molecule has 1 aromatic heterocycles. The molecule has 1 aliphatic carbocycles. The van der Waals surface area contributed by atoms with Crippen molar-refractivity contribution in [3.63, 3.8) is 0 Å². The van der Waals surface area contributed by atoms with Gasteiger partial charge in [-0.2, -0.15) is 5.10 Å². The van der Waals surface area contributed by atoms with Crippen molar-refractivity contribution in [2.24, 2.45) is 0 Å². The number of aromatic nitrogens is 2. The number of hydrogen-bond acceptors (Lipinski definition) is 3. The lowest BCUT2D eigenvalue weighted by atomic mass is 10.2. The molecule has 2 aromatic rings. The Labute approximate surface area is 136 Å². The van der Waals surface area contributed by atoms with E-state index in [0.717, 1.165) is 17.7 Å². The normalized spacial score (nSPS) is 14.2. The fourth-order valence-electron chi connectivity index (χ4n) is 2.81. The minimum absolute atomic E-state index is 0.0894. The number of carboxylic acids is 1. The Kier molecular flexibility index (Phi) is 4.28. The van der Waals surface area contributed by atoms with Crippen LogP contribution in [0, 0.1) is 5.82 Å². The van der Waals surface area contributed by atoms with Crippen LogP contribution in [0.15, 0.2) is 24.3 Å². The van der Waals surface area contributed by atoms with Gasteiger partial charge in [0.2, 0.25) is 0 Å². The number of fused-ring (bicyclic) bond motifs is 1. The largest absolute Gasteiger partial charge is 0.480 e. The predicted molar refractivity (Wildman–Crippen MR) is 80.4 cm³/mol. The summed E-state index contributed by atoms with van der Waals surface area (Å²) in [6.07, 6.45) is 2.17. The average molecular weight is 335 g/mol. The first kappa shape index (κ1) is 16.1. The molecule has 1 unspecified atom stereocenters. The van der Waals surface area contributed by atoms with Gasteiger partial charge in [-0.1, -0.05) is 0 Å². The lowest BCUT2D eigenvalue weighted by molar-refractivity contribution is -0.139. The molecule has 0 spiro atoms. The molecule has 1 heterocycles. The highest BCUT2D eigenvalue weighted by Crippen LogP contribution is 2.28. The predicted octanol–water partition coefficient (Wildman–Crippen LogP) is 1.65. The molecule has 1 atom stereocenters. The Morgan fingerprint density at radius 3 is 2.62 bits per heavy atom. The highest BCUT2D eigenvalue weighted by atomic mass is 19.1. The molecule has 24 heavy (non-hydrogen) atoms. The summed E-state index contributed by atoms with van der Waals surface area (Å²) < 4.78 is 27.4. The number of rotatable bonds is 5. The maximum atomic E-state index is 13.1. The van der Waals surface area contributed by atoms with E-state index < -0.39 is 24.6 Å². The van der Waals surface area contributed by atoms with Crippen molar-refractivity contribution in [2.45, 2.75) is 25.3 Å². The van der Waals surface area contributed by atoms with Gasteiger partial charge < -0.3 is 10.4 Å². The van der Waals surface area contributed by atoms with Crippen LogP contribution in [0.3, 0.4) is 0 Å². The van der Waals surface area contributed by atoms with E-state index in [1.54, 1.807) is 16.8 Å². The Balaban J connectivity index is 1.95. The van der Waals surface area contributed by atoms with Gasteiger partial charge in [-0.3, -0.25) is 4.79 Å². The van der Waals surface area contributed by atoms with Crippen LogP contribution in [0.5, 0.6) is 0 Å². The molecule has 0 fully saturated rings. The number of carbonyl (C=O) groups excluding carboxylic acids is 1. The summed E-state index contributed by atoms with van der Waals surface area (Å²) in [4.78, 5) is 23.2. The number of hydrogen-bond donors (Lipinski definition) is 2. The Morgan fingerprint density at radius 2 is 2.00 bits per heavy atom. The second kappa shape index (κ2) is 6.38. The minimum atomic E-state index is -1.61. The van der Waals surface area contributed by atoms with Gasteiger partial charge in [-0.25, -0.2) is 18.3 Å². The third-order valence-corrected chi connectivity index (χ3v) is 3.97. The summed E-state index contributed by atoms with van der Waals surface area (Å²) in [5.74, 6) is -2.55. The van der Waals surface area contributed by atoms with Crippen molar-refractivity contribution < 1.29 is 23.5 Å². The standard InChI is InChI=1S/C16H15F2N3O3/c17-8-12(16(23)24)19-15(22)14-11-2-1-3-13(11)21(20-14)10-6-4-9(18)5-7-10/h4-7,12H,1-3,8H2,(H,19,22)(H,23,24). The number of alkyl halides is 1. The van der Waals surface area contributed by atoms with E-state index in [1.807, 2.05) is 0 Å². The van der Waals surface area contributed by atoms with Crippen LogP contribution in [0.2, 0.25) is 0 Å². The second-order valence-electron chi connectivity index (χ2n) is 5.53. The van der Waals surface area contributed by atoms with Gasteiger partial charge >= 0.3 is 5.97 Å². The summed E-state index contributed by atoms with van der Waals surface area (Å²) in [7, 11) is 0. The first-order chi connectivity index (χ1) is 11.5. The fourth-order valence-corrected chi connectivity index (χ4v) is 2.81. The zero-order valence-electron chi connectivity index (χ0n) is 12.6. The quantitative estimate of drug-likeness (QED) is 0.870. The van der Waals surface area contributed by atoms with E-state index in [1.165, 1.54) is 12.1 Å². The van der Waals surface area contributed by atoms with Crippen LogP contribution in [-0.2, 0) is 17.6 Å². The first-order valence-corrected chi connectivity index (χ1v) is 7.47. The van der Waals surface area contributed by atoms with Crippen molar-refractivity contribution in [1.82, 2.24) is 15.1 Å². The van der Waals surface area contributed by atoms with Gasteiger partial charge in [-0.15, -0.1) is 0 Å². The van der Waals surface area contributed by atoms with Crippen LogP contribution in [-0.4, -0.2) is 39.5 Å². The number of nitrogens with one attached hydrogen (secondary N) is 1. The summed E-state index contributed by atoms with van der Waals surface area (Å²) in [6, 6.07) is 4.07. The van der Waals surface area contributed by atoms with E-state index in [4.69, 9.17) is 5.11 Å². The number of amides is 1. The van der Waals surface area contributed by atoms with Gasteiger partial charge in [0.1, 0.15) is 12.5 Å². The van der Waals surface area contributed by atoms with Crippen LogP contribution >= 0.6 is 0 Å². The summed E-state index contributed by atoms with van der Waals surface area (Å²) >= 11 is 0. The summed E-state index contributed by atoms with van der Waals surface area (Å²) in [5.41, 5.74) is 2.25. The Morgan fingerprint density at radius 1 is 1.29 bits per heavy atom. The number of aliphatic carboxylic acids is 1. The first-order valence-electron chi connectivity index (χ1n) is 7.47. The minimum Gasteiger partial charge on any atom is -0.480 e. The van der Waals surface area contributed by atoms with Crippen LogP contribution in [0.25, 0.3) is 5.69 Å². The van der Waals surface area contributed by atoms with Gasteiger partial charge in [0.05, 0.1) is 5.69 Å². The lowest BCUT2D eigenvalue weighted by Crippen LogP contribution is -2.42.